The zero-order valence-corrected chi connectivity index (χ0v) is 13.7. The third-order valence-corrected chi connectivity index (χ3v) is 3.94. The molecule has 0 atom stereocenters. The van der Waals surface area contributed by atoms with Gasteiger partial charge in [-0.15, -0.1) is 0 Å². The number of rotatable bonds is 5. The van der Waals surface area contributed by atoms with Crippen molar-refractivity contribution in [2.45, 2.75) is 13.5 Å². The van der Waals surface area contributed by atoms with Gasteiger partial charge in [0.2, 0.25) is 0 Å². The Kier molecular flexibility index (Phi) is 5.21. The van der Waals surface area contributed by atoms with E-state index in [2.05, 4.69) is 5.32 Å². The Bertz CT molecular complexity index is 644. The van der Waals surface area contributed by atoms with Crippen molar-refractivity contribution in [1.82, 2.24) is 0 Å². The van der Waals surface area contributed by atoms with Crippen molar-refractivity contribution in [3.63, 3.8) is 0 Å². The number of ether oxygens (including phenoxy) is 2. The maximum absolute atomic E-state index is 6.02. The van der Waals surface area contributed by atoms with Gasteiger partial charge in [-0.05, 0) is 36.2 Å². The highest BCUT2D eigenvalue weighted by atomic mass is 35.5. The number of aryl methyl sites for hydroxylation is 1. The van der Waals surface area contributed by atoms with E-state index in [1.165, 1.54) is 0 Å². The molecular formula is C16H17Cl2NO2. The van der Waals surface area contributed by atoms with Crippen LogP contribution in [0.1, 0.15) is 11.1 Å². The normalized spacial score (nSPS) is 10.3. The van der Waals surface area contributed by atoms with Crippen LogP contribution in [0.3, 0.4) is 0 Å². The van der Waals surface area contributed by atoms with Gasteiger partial charge in [-0.2, -0.15) is 0 Å². The van der Waals surface area contributed by atoms with E-state index >= 15 is 0 Å². The van der Waals surface area contributed by atoms with E-state index in [0.29, 0.717) is 22.3 Å². The lowest BCUT2D eigenvalue weighted by Crippen LogP contribution is -2.02. The fourth-order valence-electron chi connectivity index (χ4n) is 2.02. The molecule has 3 nitrogen and oxygen atoms in total. The van der Waals surface area contributed by atoms with Crippen molar-refractivity contribution in [1.29, 1.82) is 0 Å². The van der Waals surface area contributed by atoms with Crippen LogP contribution < -0.4 is 14.8 Å². The predicted molar refractivity (Wildman–Crippen MR) is 88.1 cm³/mol. The SMILES string of the molecule is COc1cc(C)c(NCc2ccc(Cl)c(Cl)c2)cc1OC. The fourth-order valence-corrected chi connectivity index (χ4v) is 2.34. The number of anilines is 1. The van der Waals surface area contributed by atoms with Gasteiger partial charge in [-0.1, -0.05) is 29.3 Å². The van der Waals surface area contributed by atoms with Crippen LogP contribution in [0.15, 0.2) is 30.3 Å². The lowest BCUT2D eigenvalue weighted by Gasteiger charge is -2.14. The number of halogens is 2. The van der Waals surface area contributed by atoms with E-state index in [4.69, 9.17) is 32.7 Å². The van der Waals surface area contributed by atoms with Crippen molar-refractivity contribution in [2.75, 3.05) is 19.5 Å². The van der Waals surface area contributed by atoms with E-state index in [1.54, 1.807) is 20.3 Å². The fraction of sp³-hybridized carbons (Fsp3) is 0.250. The average Bonchev–Trinajstić information content (AvgIpc) is 2.49. The number of methoxy groups -OCH3 is 2. The molecule has 0 unspecified atom stereocenters. The van der Waals surface area contributed by atoms with Crippen LogP contribution in [-0.2, 0) is 6.54 Å². The van der Waals surface area contributed by atoms with Gasteiger partial charge >= 0.3 is 0 Å². The van der Waals surface area contributed by atoms with Gasteiger partial charge in [0.1, 0.15) is 0 Å². The molecule has 0 spiro atoms. The first-order valence-corrected chi connectivity index (χ1v) is 7.21. The second-order valence-electron chi connectivity index (χ2n) is 4.62. The van der Waals surface area contributed by atoms with Crippen molar-refractivity contribution < 1.29 is 9.47 Å². The molecule has 2 aromatic carbocycles. The molecule has 112 valence electrons. The second kappa shape index (κ2) is 6.92. The number of nitrogens with one attached hydrogen (secondary N) is 1. The minimum atomic E-state index is 0.556. The molecule has 0 aliphatic heterocycles. The van der Waals surface area contributed by atoms with Crippen molar-refractivity contribution >= 4 is 28.9 Å². The van der Waals surface area contributed by atoms with Crippen LogP contribution in [0.25, 0.3) is 0 Å². The largest absolute Gasteiger partial charge is 0.493 e. The highest BCUT2D eigenvalue weighted by Crippen LogP contribution is 2.33. The molecule has 0 aliphatic rings. The number of hydrogen-bond acceptors (Lipinski definition) is 3. The van der Waals surface area contributed by atoms with Gasteiger partial charge in [-0.25, -0.2) is 0 Å². The molecule has 2 aromatic rings. The first-order valence-electron chi connectivity index (χ1n) is 6.45. The Morgan fingerprint density at radius 3 is 2.24 bits per heavy atom. The molecular weight excluding hydrogens is 309 g/mol. The minimum absolute atomic E-state index is 0.556. The van der Waals surface area contributed by atoms with Gasteiger partial charge < -0.3 is 14.8 Å². The van der Waals surface area contributed by atoms with E-state index in [0.717, 1.165) is 22.6 Å². The van der Waals surface area contributed by atoms with Crippen LogP contribution in [0.5, 0.6) is 11.5 Å². The van der Waals surface area contributed by atoms with Crippen LogP contribution in [0.2, 0.25) is 10.0 Å². The highest BCUT2D eigenvalue weighted by molar-refractivity contribution is 6.42. The molecule has 0 saturated heterocycles. The Hall–Kier alpha value is -1.58. The lowest BCUT2D eigenvalue weighted by atomic mass is 10.1. The lowest BCUT2D eigenvalue weighted by molar-refractivity contribution is 0.355. The van der Waals surface area contributed by atoms with Gasteiger partial charge in [0.25, 0.3) is 0 Å². The van der Waals surface area contributed by atoms with Gasteiger partial charge in [0.05, 0.1) is 24.3 Å². The van der Waals surface area contributed by atoms with Crippen LogP contribution >= 0.6 is 23.2 Å². The summed E-state index contributed by atoms with van der Waals surface area (Å²) in [6, 6.07) is 9.45. The third kappa shape index (κ3) is 3.74. The van der Waals surface area contributed by atoms with Crippen LogP contribution in [0, 0.1) is 6.92 Å². The van der Waals surface area contributed by atoms with E-state index in [1.807, 2.05) is 31.2 Å². The van der Waals surface area contributed by atoms with Gasteiger partial charge in [0.15, 0.2) is 11.5 Å². The first kappa shape index (κ1) is 15.8. The van der Waals surface area contributed by atoms with E-state index in [9.17, 15) is 0 Å². The summed E-state index contributed by atoms with van der Waals surface area (Å²) >= 11 is 11.9. The smallest absolute Gasteiger partial charge is 0.162 e. The Morgan fingerprint density at radius 2 is 1.62 bits per heavy atom. The molecule has 5 heteroatoms. The number of hydrogen-bond donors (Lipinski definition) is 1. The monoisotopic (exact) mass is 325 g/mol. The summed E-state index contributed by atoms with van der Waals surface area (Å²) in [5, 5.41) is 4.48. The average molecular weight is 326 g/mol. The Morgan fingerprint density at radius 1 is 0.952 bits per heavy atom. The first-order chi connectivity index (χ1) is 10.0. The molecule has 0 saturated carbocycles. The summed E-state index contributed by atoms with van der Waals surface area (Å²) in [5.41, 5.74) is 3.12. The molecule has 1 N–H and O–H groups in total. The van der Waals surface area contributed by atoms with E-state index < -0.39 is 0 Å². The Labute approximate surface area is 134 Å². The summed E-state index contributed by atoms with van der Waals surface area (Å²) in [5.74, 6) is 1.41. The molecule has 2 rings (SSSR count). The van der Waals surface area contributed by atoms with Gasteiger partial charge in [0, 0.05) is 18.3 Å². The minimum Gasteiger partial charge on any atom is -0.493 e. The molecule has 0 heterocycles. The molecule has 0 fully saturated rings. The molecule has 0 aromatic heterocycles. The van der Waals surface area contributed by atoms with Crippen molar-refractivity contribution in [3.05, 3.63) is 51.5 Å². The van der Waals surface area contributed by atoms with Gasteiger partial charge in [-0.3, -0.25) is 0 Å². The number of benzene rings is 2. The summed E-state index contributed by atoms with van der Waals surface area (Å²) in [6.45, 7) is 2.66. The molecule has 0 bridgehead atoms. The standard InChI is InChI=1S/C16H17Cl2NO2/c1-10-6-15(20-2)16(21-3)8-14(10)19-9-11-4-5-12(17)13(18)7-11/h4-8,19H,9H2,1-3H3. The van der Waals surface area contributed by atoms with Crippen LogP contribution in [0.4, 0.5) is 5.69 Å². The summed E-state index contributed by atoms with van der Waals surface area (Å²) in [7, 11) is 3.25. The predicted octanol–water partition coefficient (Wildman–Crippen LogP) is 4.93. The second-order valence-corrected chi connectivity index (χ2v) is 5.44. The third-order valence-electron chi connectivity index (χ3n) is 3.20. The van der Waals surface area contributed by atoms with Crippen LogP contribution in [-0.4, -0.2) is 14.2 Å². The zero-order valence-electron chi connectivity index (χ0n) is 12.2. The summed E-state index contributed by atoms with van der Waals surface area (Å²) in [4.78, 5) is 0. The zero-order chi connectivity index (χ0) is 15.4. The quantitative estimate of drug-likeness (QED) is 0.845. The topological polar surface area (TPSA) is 30.5 Å². The van der Waals surface area contributed by atoms with Crippen molar-refractivity contribution in [3.8, 4) is 11.5 Å². The Balaban J connectivity index is 2.17. The highest BCUT2D eigenvalue weighted by Gasteiger charge is 2.08. The molecule has 0 radical (unpaired) electrons. The van der Waals surface area contributed by atoms with E-state index in [-0.39, 0.29) is 0 Å². The molecule has 0 amide bonds. The molecule has 21 heavy (non-hydrogen) atoms. The summed E-state index contributed by atoms with van der Waals surface area (Å²) < 4.78 is 10.6. The maximum Gasteiger partial charge on any atom is 0.162 e. The summed E-state index contributed by atoms with van der Waals surface area (Å²) in [6.07, 6.45) is 0. The van der Waals surface area contributed by atoms with Crippen molar-refractivity contribution in [2.24, 2.45) is 0 Å². The molecule has 0 aliphatic carbocycles. The maximum atomic E-state index is 6.02.